The van der Waals surface area contributed by atoms with Gasteiger partial charge in [-0.25, -0.2) is 4.39 Å². The first kappa shape index (κ1) is 38.1. The summed E-state index contributed by atoms with van der Waals surface area (Å²) in [6, 6.07) is 7.96. The number of anilines is 2. The van der Waals surface area contributed by atoms with Gasteiger partial charge < -0.3 is 25.8 Å². The van der Waals surface area contributed by atoms with Gasteiger partial charge in [0, 0.05) is 80.4 Å². The van der Waals surface area contributed by atoms with Crippen LogP contribution in [0.25, 0.3) is 11.6 Å². The number of aromatic nitrogens is 1. The monoisotopic (exact) mass is 766 g/mol. The van der Waals surface area contributed by atoms with Crippen LogP contribution in [0.4, 0.5) is 15.8 Å². The number of nitrogens with zero attached hydrogens (tertiary/aromatic N) is 3. The molecule has 2 aromatic carbocycles. The van der Waals surface area contributed by atoms with E-state index in [0.29, 0.717) is 97.1 Å². The molecule has 7 rings (SSSR count). The number of hydrogen-bond acceptors (Lipinski definition) is 9. The van der Waals surface area contributed by atoms with Crippen LogP contribution in [0.1, 0.15) is 85.7 Å². The van der Waals surface area contributed by atoms with Crippen LogP contribution in [0.2, 0.25) is 0 Å². The topological polar surface area (TPSA) is 193 Å². The van der Waals surface area contributed by atoms with Crippen molar-refractivity contribution in [2.24, 2.45) is 0 Å². The Morgan fingerprint density at radius 2 is 1.71 bits per heavy atom. The SMILES string of the molecule is Cc1[nH]c(/C=C2\C(=O)Nc3ccc(F)cc32)c(C)c1C(=O)NCCCN1CCN(C(=O)CCCNc2cccc3c2C(=O)N(C2CCC(=O)NC2=O)C3=O)CC1. The van der Waals surface area contributed by atoms with E-state index in [1.165, 1.54) is 24.3 Å². The Hall–Kier alpha value is -6.16. The van der Waals surface area contributed by atoms with Gasteiger partial charge in [-0.3, -0.25) is 48.7 Å². The lowest BCUT2D eigenvalue weighted by atomic mass is 10.0. The van der Waals surface area contributed by atoms with E-state index in [4.69, 9.17) is 0 Å². The number of carbonyl (C=O) groups is 7. The second-order valence-electron chi connectivity index (χ2n) is 14.4. The summed E-state index contributed by atoms with van der Waals surface area (Å²) in [4.78, 5) is 97.4. The molecule has 56 heavy (non-hydrogen) atoms. The highest BCUT2D eigenvalue weighted by molar-refractivity contribution is 6.35. The number of fused-ring (bicyclic) bond motifs is 2. The lowest BCUT2D eigenvalue weighted by Gasteiger charge is -2.34. The molecule has 5 heterocycles. The summed E-state index contributed by atoms with van der Waals surface area (Å²) in [5.41, 5.74) is 4.62. The first-order valence-electron chi connectivity index (χ1n) is 18.8. The number of H-pyrrole nitrogens is 1. The van der Waals surface area contributed by atoms with E-state index in [2.05, 4.69) is 31.2 Å². The third kappa shape index (κ3) is 7.56. The molecular weight excluding hydrogens is 723 g/mol. The molecule has 1 aromatic heterocycles. The van der Waals surface area contributed by atoms with Gasteiger partial charge in [0.25, 0.3) is 23.6 Å². The number of piperidine rings is 1. The van der Waals surface area contributed by atoms with Gasteiger partial charge in [0.1, 0.15) is 11.9 Å². The van der Waals surface area contributed by atoms with E-state index in [1.807, 2.05) is 11.8 Å². The van der Waals surface area contributed by atoms with E-state index in [1.54, 1.807) is 25.1 Å². The average molecular weight is 767 g/mol. The summed E-state index contributed by atoms with van der Waals surface area (Å²) in [6.07, 6.45) is 3.29. The van der Waals surface area contributed by atoms with Crippen LogP contribution in [-0.2, 0) is 19.2 Å². The van der Waals surface area contributed by atoms with Crippen molar-refractivity contribution in [3.8, 4) is 0 Å². The van der Waals surface area contributed by atoms with Crippen molar-refractivity contribution in [3.63, 3.8) is 0 Å². The zero-order valence-electron chi connectivity index (χ0n) is 31.2. The van der Waals surface area contributed by atoms with Crippen LogP contribution < -0.4 is 21.3 Å². The van der Waals surface area contributed by atoms with E-state index >= 15 is 0 Å². The zero-order chi connectivity index (χ0) is 39.7. The first-order valence-corrected chi connectivity index (χ1v) is 18.8. The van der Waals surface area contributed by atoms with Crippen LogP contribution in [-0.4, -0.2) is 113 Å². The Morgan fingerprint density at radius 1 is 0.929 bits per heavy atom. The van der Waals surface area contributed by atoms with Crippen LogP contribution in [0, 0.1) is 19.7 Å². The normalized spacial score (nSPS) is 18.9. The quantitative estimate of drug-likeness (QED) is 0.105. The minimum absolute atomic E-state index is 0.0319. The fraction of sp³-hybridized carbons (Fsp3) is 0.375. The Morgan fingerprint density at radius 3 is 2.48 bits per heavy atom. The third-order valence-corrected chi connectivity index (χ3v) is 10.8. The molecule has 15 nitrogen and oxygen atoms in total. The number of piperazine rings is 1. The Kier molecular flexibility index (Phi) is 10.8. The van der Waals surface area contributed by atoms with Gasteiger partial charge >= 0.3 is 0 Å². The van der Waals surface area contributed by atoms with Gasteiger partial charge in [-0.15, -0.1) is 0 Å². The van der Waals surface area contributed by atoms with Crippen LogP contribution in [0.5, 0.6) is 0 Å². The van der Waals surface area contributed by atoms with Crippen molar-refractivity contribution >= 4 is 64.4 Å². The summed E-state index contributed by atoms with van der Waals surface area (Å²) in [5, 5.41) is 11.1. The minimum atomic E-state index is -1.04. The molecule has 0 saturated carbocycles. The molecule has 4 aliphatic rings. The molecule has 7 amide bonds. The first-order chi connectivity index (χ1) is 26.9. The summed E-state index contributed by atoms with van der Waals surface area (Å²) in [7, 11) is 0. The van der Waals surface area contributed by atoms with E-state index in [-0.39, 0.29) is 41.7 Å². The smallest absolute Gasteiger partial charge is 0.264 e. The average Bonchev–Trinajstić information content (AvgIpc) is 3.74. The molecule has 16 heteroatoms. The summed E-state index contributed by atoms with van der Waals surface area (Å²) >= 11 is 0. The van der Waals surface area contributed by atoms with Gasteiger partial charge in [0.05, 0.1) is 22.3 Å². The molecule has 292 valence electrons. The highest BCUT2D eigenvalue weighted by Gasteiger charge is 2.45. The lowest BCUT2D eigenvalue weighted by Crippen LogP contribution is -2.54. The standard InChI is InChI=1S/C40H43FN8O7/c1-22-30(21-27-26-20-24(41)9-10-28(26)45-36(27)52)44-23(2)34(22)38(54)43-14-5-15-47-16-18-48(19-17-47)33(51)8-4-13-42-29-7-3-6-25-35(29)40(56)49(39(25)55)31-11-12-32(50)46-37(31)53/h3,6-7,9-10,20-21,31,42,44H,4-5,8,11-19H2,1-2H3,(H,43,54)(H,45,52)(H,46,50,53)/b27-21-. The molecule has 5 N–H and O–H groups in total. The molecule has 2 saturated heterocycles. The van der Waals surface area contributed by atoms with Gasteiger partial charge in [-0.05, 0) is 81.6 Å². The molecular formula is C40H43FN8O7. The Balaban J connectivity index is 0.822. The van der Waals surface area contributed by atoms with Gasteiger partial charge in [-0.2, -0.15) is 0 Å². The Bertz CT molecular complexity index is 2190. The second kappa shape index (κ2) is 15.9. The Labute approximate surface area is 322 Å². The maximum absolute atomic E-state index is 13.9. The maximum atomic E-state index is 13.9. The highest BCUT2D eigenvalue weighted by Crippen LogP contribution is 2.35. The van der Waals surface area contributed by atoms with Crippen molar-refractivity contribution in [2.75, 3.05) is 56.4 Å². The number of rotatable bonds is 12. The number of aromatic amines is 1. The van der Waals surface area contributed by atoms with Crippen molar-refractivity contribution in [1.29, 1.82) is 0 Å². The van der Waals surface area contributed by atoms with Crippen molar-refractivity contribution < 1.29 is 38.0 Å². The van der Waals surface area contributed by atoms with Crippen molar-refractivity contribution in [1.82, 2.24) is 30.3 Å². The number of imide groups is 2. The molecule has 0 spiro atoms. The molecule has 1 atom stereocenters. The summed E-state index contributed by atoms with van der Waals surface area (Å²) in [5.74, 6) is -3.23. The number of carbonyl (C=O) groups excluding carboxylic acids is 7. The van der Waals surface area contributed by atoms with Crippen LogP contribution in [0.15, 0.2) is 36.4 Å². The molecule has 4 aliphatic heterocycles. The van der Waals surface area contributed by atoms with E-state index in [0.717, 1.165) is 17.9 Å². The predicted molar refractivity (Wildman–Crippen MR) is 204 cm³/mol. The van der Waals surface area contributed by atoms with E-state index in [9.17, 15) is 38.0 Å². The summed E-state index contributed by atoms with van der Waals surface area (Å²) in [6.45, 7) is 7.81. The van der Waals surface area contributed by atoms with Crippen molar-refractivity contribution in [3.05, 3.63) is 81.4 Å². The van der Waals surface area contributed by atoms with E-state index < -0.39 is 35.5 Å². The number of amides is 7. The number of halogens is 1. The largest absolute Gasteiger partial charge is 0.384 e. The molecule has 1 unspecified atom stereocenters. The van der Waals surface area contributed by atoms with Crippen molar-refractivity contribution in [2.45, 2.75) is 52.0 Å². The van der Waals surface area contributed by atoms with Gasteiger partial charge in [-0.1, -0.05) is 6.07 Å². The lowest BCUT2D eigenvalue weighted by molar-refractivity contribution is -0.136. The highest BCUT2D eigenvalue weighted by atomic mass is 19.1. The van der Waals surface area contributed by atoms with Gasteiger partial charge in [0.15, 0.2) is 0 Å². The van der Waals surface area contributed by atoms with Gasteiger partial charge in [0.2, 0.25) is 17.7 Å². The number of hydrogen-bond donors (Lipinski definition) is 5. The number of benzene rings is 2. The second-order valence-corrected chi connectivity index (χ2v) is 14.4. The van der Waals surface area contributed by atoms with Crippen LogP contribution >= 0.6 is 0 Å². The number of nitrogens with one attached hydrogen (secondary N) is 5. The minimum Gasteiger partial charge on any atom is -0.384 e. The molecule has 0 radical (unpaired) electrons. The zero-order valence-corrected chi connectivity index (χ0v) is 31.2. The maximum Gasteiger partial charge on any atom is 0.264 e. The summed E-state index contributed by atoms with van der Waals surface area (Å²) < 4.78 is 13.9. The number of aryl methyl sites for hydroxylation is 1. The third-order valence-electron chi connectivity index (χ3n) is 10.8. The molecule has 0 bridgehead atoms. The molecule has 2 fully saturated rings. The molecule has 0 aliphatic carbocycles. The fourth-order valence-corrected chi connectivity index (χ4v) is 7.80. The van der Waals surface area contributed by atoms with Crippen LogP contribution in [0.3, 0.4) is 0 Å². The predicted octanol–water partition coefficient (Wildman–Crippen LogP) is 2.82. The molecule has 3 aromatic rings. The fourth-order valence-electron chi connectivity index (χ4n) is 7.80.